The molecule has 1 N–H and O–H groups in total. The SMILES string of the molecule is O=C(CCCOc1ccc(Cl)cc1Cl)N/N=C/c1ccc([N+](=O)[O-])o1. The first-order chi connectivity index (χ1) is 12.0. The molecule has 0 aliphatic rings. The summed E-state index contributed by atoms with van der Waals surface area (Å²) < 4.78 is 10.3. The third-order valence-electron chi connectivity index (χ3n) is 2.87. The van der Waals surface area contributed by atoms with Gasteiger partial charge in [-0.05, 0) is 30.7 Å². The van der Waals surface area contributed by atoms with Gasteiger partial charge in [-0.15, -0.1) is 0 Å². The van der Waals surface area contributed by atoms with E-state index in [4.69, 9.17) is 32.4 Å². The van der Waals surface area contributed by atoms with Gasteiger partial charge < -0.3 is 9.15 Å². The van der Waals surface area contributed by atoms with Crippen LogP contribution in [0.1, 0.15) is 18.6 Å². The summed E-state index contributed by atoms with van der Waals surface area (Å²) in [7, 11) is 0. The molecule has 1 amide bonds. The fraction of sp³-hybridized carbons (Fsp3) is 0.200. The minimum atomic E-state index is -0.664. The fourth-order valence-electron chi connectivity index (χ4n) is 1.74. The highest BCUT2D eigenvalue weighted by molar-refractivity contribution is 6.35. The molecule has 0 spiro atoms. The summed E-state index contributed by atoms with van der Waals surface area (Å²) in [6, 6.07) is 7.44. The van der Waals surface area contributed by atoms with Crippen LogP contribution in [0.15, 0.2) is 39.9 Å². The zero-order chi connectivity index (χ0) is 18.2. The van der Waals surface area contributed by atoms with Crippen molar-refractivity contribution in [3.63, 3.8) is 0 Å². The van der Waals surface area contributed by atoms with Crippen molar-refractivity contribution in [1.29, 1.82) is 0 Å². The molecular weight excluding hydrogens is 373 g/mol. The molecule has 0 saturated carbocycles. The number of carbonyl (C=O) groups excluding carboxylic acids is 1. The Morgan fingerprint density at radius 1 is 1.36 bits per heavy atom. The van der Waals surface area contributed by atoms with Gasteiger partial charge in [0.25, 0.3) is 0 Å². The first-order valence-electron chi connectivity index (χ1n) is 7.09. The number of nitrogens with one attached hydrogen (secondary N) is 1. The molecule has 132 valence electrons. The lowest BCUT2D eigenvalue weighted by molar-refractivity contribution is -0.402. The molecule has 10 heteroatoms. The van der Waals surface area contributed by atoms with Crippen molar-refractivity contribution in [1.82, 2.24) is 5.43 Å². The number of nitro groups is 1. The monoisotopic (exact) mass is 385 g/mol. The standard InChI is InChI=1S/C15H13Cl2N3O5/c16-10-3-5-13(12(17)8-10)24-7-1-2-14(21)19-18-9-11-4-6-15(25-11)20(22)23/h3-6,8-9H,1-2,7H2,(H,19,21)/b18-9+. The van der Waals surface area contributed by atoms with Crippen molar-refractivity contribution in [3.05, 3.63) is 56.3 Å². The molecule has 0 atom stereocenters. The molecule has 1 heterocycles. The Labute approximate surface area is 152 Å². The van der Waals surface area contributed by atoms with Crippen LogP contribution < -0.4 is 10.2 Å². The second kappa shape index (κ2) is 9.05. The minimum absolute atomic E-state index is 0.160. The lowest BCUT2D eigenvalue weighted by atomic mass is 10.3. The number of furan rings is 1. The first kappa shape index (κ1) is 18.8. The van der Waals surface area contributed by atoms with E-state index in [0.29, 0.717) is 28.8 Å². The van der Waals surface area contributed by atoms with E-state index in [1.807, 2.05) is 0 Å². The predicted octanol–water partition coefficient (Wildman–Crippen LogP) is 3.80. The molecule has 0 aliphatic heterocycles. The number of rotatable bonds is 8. The van der Waals surface area contributed by atoms with Gasteiger partial charge in [-0.2, -0.15) is 5.10 Å². The molecule has 0 bridgehead atoms. The first-order valence-corrected chi connectivity index (χ1v) is 7.85. The molecule has 2 aromatic rings. The molecule has 0 unspecified atom stereocenters. The van der Waals surface area contributed by atoms with E-state index in [9.17, 15) is 14.9 Å². The van der Waals surface area contributed by atoms with Crippen LogP contribution in [0.3, 0.4) is 0 Å². The van der Waals surface area contributed by atoms with E-state index < -0.39 is 10.8 Å². The van der Waals surface area contributed by atoms with Gasteiger partial charge in [0, 0.05) is 11.4 Å². The van der Waals surface area contributed by atoms with Crippen molar-refractivity contribution >= 4 is 41.2 Å². The molecule has 25 heavy (non-hydrogen) atoms. The smallest absolute Gasteiger partial charge is 0.433 e. The molecule has 0 saturated heterocycles. The van der Waals surface area contributed by atoms with Gasteiger partial charge in [-0.1, -0.05) is 23.2 Å². The Morgan fingerprint density at radius 3 is 2.84 bits per heavy atom. The number of hydrogen-bond donors (Lipinski definition) is 1. The summed E-state index contributed by atoms with van der Waals surface area (Å²) in [6.07, 6.45) is 1.81. The Balaban J connectivity index is 1.68. The normalized spacial score (nSPS) is 10.8. The van der Waals surface area contributed by atoms with E-state index in [1.54, 1.807) is 18.2 Å². The molecule has 0 fully saturated rings. The minimum Gasteiger partial charge on any atom is -0.492 e. The summed E-state index contributed by atoms with van der Waals surface area (Å²) in [5.74, 6) is -0.0782. The molecule has 1 aromatic carbocycles. The maximum atomic E-state index is 11.6. The maximum Gasteiger partial charge on any atom is 0.433 e. The number of hydrogen-bond acceptors (Lipinski definition) is 6. The molecular formula is C15H13Cl2N3O5. The van der Waals surface area contributed by atoms with Crippen LogP contribution in [-0.4, -0.2) is 23.7 Å². The molecule has 0 radical (unpaired) electrons. The van der Waals surface area contributed by atoms with Crippen molar-refractivity contribution in [2.24, 2.45) is 5.10 Å². The highest BCUT2D eigenvalue weighted by atomic mass is 35.5. The van der Waals surface area contributed by atoms with E-state index >= 15 is 0 Å². The van der Waals surface area contributed by atoms with Crippen molar-refractivity contribution < 1.29 is 18.9 Å². The van der Waals surface area contributed by atoms with Crippen molar-refractivity contribution in [3.8, 4) is 5.75 Å². The van der Waals surface area contributed by atoms with E-state index in [1.165, 1.54) is 18.3 Å². The summed E-state index contributed by atoms with van der Waals surface area (Å²) in [6.45, 7) is 0.295. The topological polar surface area (TPSA) is 107 Å². The van der Waals surface area contributed by atoms with Crippen LogP contribution >= 0.6 is 23.2 Å². The Bertz CT molecular complexity index is 791. The average molecular weight is 386 g/mol. The Hall–Kier alpha value is -2.58. The molecule has 0 aliphatic carbocycles. The zero-order valence-corrected chi connectivity index (χ0v) is 14.3. The van der Waals surface area contributed by atoms with Gasteiger partial charge in [-0.3, -0.25) is 14.9 Å². The van der Waals surface area contributed by atoms with Gasteiger partial charge >= 0.3 is 5.88 Å². The van der Waals surface area contributed by atoms with Gasteiger partial charge in [0.1, 0.15) is 10.7 Å². The summed E-state index contributed by atoms with van der Waals surface area (Å²) in [5.41, 5.74) is 2.29. The van der Waals surface area contributed by atoms with Crippen molar-refractivity contribution in [2.75, 3.05) is 6.61 Å². The zero-order valence-electron chi connectivity index (χ0n) is 12.8. The Morgan fingerprint density at radius 2 is 2.16 bits per heavy atom. The Kier molecular flexibility index (Phi) is 6.79. The van der Waals surface area contributed by atoms with Crippen LogP contribution in [0, 0.1) is 10.1 Å². The van der Waals surface area contributed by atoms with Gasteiger partial charge in [0.2, 0.25) is 5.91 Å². The number of amides is 1. The predicted molar refractivity (Wildman–Crippen MR) is 92.3 cm³/mol. The van der Waals surface area contributed by atoms with Gasteiger partial charge in [0.15, 0.2) is 5.76 Å². The largest absolute Gasteiger partial charge is 0.492 e. The maximum absolute atomic E-state index is 11.6. The third kappa shape index (κ3) is 6.09. The van der Waals surface area contributed by atoms with Gasteiger partial charge in [-0.25, -0.2) is 5.43 Å². The van der Waals surface area contributed by atoms with Crippen LogP contribution in [0.4, 0.5) is 5.88 Å². The second-order valence-electron chi connectivity index (χ2n) is 4.75. The number of ether oxygens (including phenoxy) is 1. The van der Waals surface area contributed by atoms with Crippen molar-refractivity contribution in [2.45, 2.75) is 12.8 Å². The summed E-state index contributed by atoms with van der Waals surface area (Å²) in [4.78, 5) is 21.4. The lowest BCUT2D eigenvalue weighted by Gasteiger charge is -2.07. The lowest BCUT2D eigenvalue weighted by Crippen LogP contribution is -2.18. The number of hydrazone groups is 1. The van der Waals surface area contributed by atoms with E-state index in [2.05, 4.69) is 10.5 Å². The molecule has 8 nitrogen and oxygen atoms in total. The summed E-state index contributed by atoms with van der Waals surface area (Å²) >= 11 is 11.7. The van der Waals surface area contributed by atoms with Gasteiger partial charge in [0.05, 0.1) is 23.9 Å². The highest BCUT2D eigenvalue weighted by Gasteiger charge is 2.10. The summed E-state index contributed by atoms with van der Waals surface area (Å²) in [5, 5.41) is 15.0. The quantitative estimate of drug-likeness (QED) is 0.321. The highest BCUT2D eigenvalue weighted by Crippen LogP contribution is 2.27. The van der Waals surface area contributed by atoms with Crippen LogP contribution in [0.5, 0.6) is 5.75 Å². The number of benzene rings is 1. The number of halogens is 2. The van der Waals surface area contributed by atoms with Crippen LogP contribution in [-0.2, 0) is 4.79 Å². The fourth-order valence-corrected chi connectivity index (χ4v) is 2.20. The molecule has 2 rings (SSSR count). The third-order valence-corrected chi connectivity index (χ3v) is 3.40. The molecule has 1 aromatic heterocycles. The number of carbonyl (C=O) groups is 1. The van der Waals surface area contributed by atoms with Crippen LogP contribution in [0.2, 0.25) is 10.0 Å². The average Bonchev–Trinajstić information content (AvgIpc) is 3.02. The van der Waals surface area contributed by atoms with E-state index in [-0.39, 0.29) is 18.1 Å². The number of nitrogens with zero attached hydrogens (tertiary/aromatic N) is 2. The second-order valence-corrected chi connectivity index (χ2v) is 5.60. The van der Waals surface area contributed by atoms with Crippen LogP contribution in [0.25, 0.3) is 0 Å². The van der Waals surface area contributed by atoms with E-state index in [0.717, 1.165) is 0 Å².